The van der Waals surface area contributed by atoms with Crippen LogP contribution in [-0.2, 0) is 13.0 Å². The molecule has 1 heterocycles. The molecule has 21 heavy (non-hydrogen) atoms. The Hall–Kier alpha value is -2.17. The Balaban J connectivity index is 1.81. The van der Waals surface area contributed by atoms with Gasteiger partial charge in [-0.2, -0.15) is 0 Å². The molecule has 0 aliphatic carbocycles. The molecule has 0 amide bonds. The molecule has 1 aliphatic heterocycles. The molecular weight excluding hydrogens is 279 g/mol. The van der Waals surface area contributed by atoms with Crippen LogP contribution in [0.1, 0.15) is 11.1 Å². The lowest BCUT2D eigenvalue weighted by atomic mass is 9.99. The topological polar surface area (TPSA) is 12.5 Å². The molecule has 3 rings (SSSR count). The van der Waals surface area contributed by atoms with E-state index in [4.69, 9.17) is 0 Å². The van der Waals surface area contributed by atoms with Gasteiger partial charge in [0.1, 0.15) is 5.75 Å². The van der Waals surface area contributed by atoms with Gasteiger partial charge in [0, 0.05) is 24.8 Å². The average Bonchev–Trinajstić information content (AvgIpc) is 2.45. The summed E-state index contributed by atoms with van der Waals surface area (Å²) in [6.45, 7) is 1.48. The van der Waals surface area contributed by atoms with Crippen LogP contribution in [0.3, 0.4) is 0 Å². The van der Waals surface area contributed by atoms with E-state index in [1.807, 2.05) is 12.1 Å². The first-order valence-corrected chi connectivity index (χ1v) is 6.69. The van der Waals surface area contributed by atoms with Crippen molar-refractivity contribution < 1.29 is 17.9 Å². The fraction of sp³-hybridized carbons (Fsp3) is 0.250. The molecular formula is C16H14F3NO. The van der Waals surface area contributed by atoms with Crippen molar-refractivity contribution in [2.45, 2.75) is 19.3 Å². The van der Waals surface area contributed by atoms with Crippen molar-refractivity contribution in [1.82, 2.24) is 0 Å². The lowest BCUT2D eigenvalue weighted by molar-refractivity contribution is -0.274. The smallest absolute Gasteiger partial charge is 0.406 e. The van der Waals surface area contributed by atoms with Crippen LogP contribution >= 0.6 is 0 Å². The number of alkyl halides is 3. The molecule has 0 fully saturated rings. The SMILES string of the molecule is FC(F)(F)Oc1cccc(N2CCc3ccccc3C2)c1. The van der Waals surface area contributed by atoms with E-state index in [0.29, 0.717) is 6.54 Å². The summed E-state index contributed by atoms with van der Waals surface area (Å²) in [5.41, 5.74) is 3.26. The number of nitrogens with zero attached hydrogens (tertiary/aromatic N) is 1. The summed E-state index contributed by atoms with van der Waals surface area (Å²) in [5.74, 6) is -0.182. The average molecular weight is 293 g/mol. The Kier molecular flexibility index (Phi) is 3.49. The third-order valence-electron chi connectivity index (χ3n) is 3.55. The largest absolute Gasteiger partial charge is 0.573 e. The van der Waals surface area contributed by atoms with Crippen LogP contribution in [0.4, 0.5) is 18.9 Å². The normalized spacial score (nSPS) is 14.7. The molecule has 0 bridgehead atoms. The highest BCUT2D eigenvalue weighted by Gasteiger charge is 2.31. The molecule has 0 spiro atoms. The predicted molar refractivity (Wildman–Crippen MR) is 74.3 cm³/mol. The summed E-state index contributed by atoms with van der Waals surface area (Å²) in [4.78, 5) is 2.06. The molecule has 1 aliphatic rings. The maximum absolute atomic E-state index is 12.3. The monoisotopic (exact) mass is 293 g/mol. The molecule has 2 nitrogen and oxygen atoms in total. The summed E-state index contributed by atoms with van der Waals surface area (Å²) in [7, 11) is 0. The Bertz CT molecular complexity index is 639. The summed E-state index contributed by atoms with van der Waals surface area (Å²) in [5, 5.41) is 0. The molecule has 5 heteroatoms. The number of anilines is 1. The molecule has 0 unspecified atom stereocenters. The molecule has 2 aromatic carbocycles. The fourth-order valence-electron chi connectivity index (χ4n) is 2.59. The van der Waals surface area contributed by atoms with E-state index >= 15 is 0 Å². The molecule has 0 saturated heterocycles. The van der Waals surface area contributed by atoms with Crippen LogP contribution in [0.15, 0.2) is 48.5 Å². The fourth-order valence-corrected chi connectivity index (χ4v) is 2.59. The van der Waals surface area contributed by atoms with Gasteiger partial charge in [-0.1, -0.05) is 30.3 Å². The van der Waals surface area contributed by atoms with Crippen molar-refractivity contribution in [3.63, 3.8) is 0 Å². The van der Waals surface area contributed by atoms with E-state index in [-0.39, 0.29) is 5.75 Å². The first-order valence-electron chi connectivity index (χ1n) is 6.69. The third kappa shape index (κ3) is 3.29. The highest BCUT2D eigenvalue weighted by atomic mass is 19.4. The predicted octanol–water partition coefficient (Wildman–Crippen LogP) is 4.15. The minimum Gasteiger partial charge on any atom is -0.406 e. The lowest BCUT2D eigenvalue weighted by Gasteiger charge is -2.31. The second-order valence-corrected chi connectivity index (χ2v) is 4.99. The van der Waals surface area contributed by atoms with Gasteiger partial charge in [0.2, 0.25) is 0 Å². The standard InChI is InChI=1S/C16H14F3NO/c17-16(18,19)21-15-7-3-6-14(10-15)20-9-8-12-4-1-2-5-13(12)11-20/h1-7,10H,8-9,11H2. The van der Waals surface area contributed by atoms with E-state index in [9.17, 15) is 13.2 Å². The van der Waals surface area contributed by atoms with Crippen molar-refractivity contribution >= 4 is 5.69 Å². The first kappa shape index (κ1) is 13.8. The number of halogens is 3. The van der Waals surface area contributed by atoms with Gasteiger partial charge in [0.25, 0.3) is 0 Å². The van der Waals surface area contributed by atoms with Gasteiger partial charge in [-0.3, -0.25) is 0 Å². The van der Waals surface area contributed by atoms with E-state index in [0.717, 1.165) is 18.7 Å². The van der Waals surface area contributed by atoms with Crippen molar-refractivity contribution in [3.05, 3.63) is 59.7 Å². The summed E-state index contributed by atoms with van der Waals surface area (Å²) in [6.07, 6.45) is -3.77. The zero-order chi connectivity index (χ0) is 14.9. The maximum atomic E-state index is 12.3. The van der Waals surface area contributed by atoms with Crippen molar-refractivity contribution in [2.24, 2.45) is 0 Å². The number of ether oxygens (including phenoxy) is 1. The first-order chi connectivity index (χ1) is 10.0. The number of rotatable bonds is 2. The van der Waals surface area contributed by atoms with Gasteiger partial charge in [-0.05, 0) is 29.7 Å². The second kappa shape index (κ2) is 5.31. The number of benzene rings is 2. The molecule has 110 valence electrons. The zero-order valence-electron chi connectivity index (χ0n) is 11.2. The molecule has 0 N–H and O–H groups in total. The van der Waals surface area contributed by atoms with E-state index in [2.05, 4.69) is 21.8 Å². The van der Waals surface area contributed by atoms with Crippen molar-refractivity contribution in [1.29, 1.82) is 0 Å². The van der Waals surface area contributed by atoms with Gasteiger partial charge < -0.3 is 9.64 Å². The second-order valence-electron chi connectivity index (χ2n) is 4.99. The van der Waals surface area contributed by atoms with Gasteiger partial charge in [0.15, 0.2) is 0 Å². The minimum absolute atomic E-state index is 0.182. The van der Waals surface area contributed by atoms with E-state index in [1.165, 1.54) is 23.3 Å². The summed E-state index contributed by atoms with van der Waals surface area (Å²) < 4.78 is 40.8. The number of fused-ring (bicyclic) bond motifs is 1. The number of hydrogen-bond donors (Lipinski definition) is 0. The van der Waals surface area contributed by atoms with Crippen LogP contribution in [0.25, 0.3) is 0 Å². The zero-order valence-corrected chi connectivity index (χ0v) is 11.2. The quantitative estimate of drug-likeness (QED) is 0.825. The van der Waals surface area contributed by atoms with Crippen LogP contribution in [0.5, 0.6) is 5.75 Å². The Morgan fingerprint density at radius 3 is 2.48 bits per heavy atom. The van der Waals surface area contributed by atoms with Gasteiger partial charge in [-0.25, -0.2) is 0 Å². The Labute approximate surface area is 120 Å². The molecule has 0 atom stereocenters. The molecule has 2 aromatic rings. The van der Waals surface area contributed by atoms with Crippen molar-refractivity contribution in [2.75, 3.05) is 11.4 Å². The van der Waals surface area contributed by atoms with Crippen molar-refractivity contribution in [3.8, 4) is 5.75 Å². The highest BCUT2D eigenvalue weighted by Crippen LogP contribution is 2.29. The lowest BCUT2D eigenvalue weighted by Crippen LogP contribution is -2.30. The van der Waals surface area contributed by atoms with Gasteiger partial charge in [0.05, 0.1) is 0 Å². The van der Waals surface area contributed by atoms with Crippen LogP contribution < -0.4 is 9.64 Å². The minimum atomic E-state index is -4.66. The van der Waals surface area contributed by atoms with Crippen LogP contribution in [0, 0.1) is 0 Å². The third-order valence-corrected chi connectivity index (χ3v) is 3.55. The summed E-state index contributed by atoms with van der Waals surface area (Å²) >= 11 is 0. The maximum Gasteiger partial charge on any atom is 0.573 e. The molecule has 0 saturated carbocycles. The number of hydrogen-bond acceptors (Lipinski definition) is 2. The van der Waals surface area contributed by atoms with Crippen LogP contribution in [-0.4, -0.2) is 12.9 Å². The Morgan fingerprint density at radius 2 is 1.71 bits per heavy atom. The Morgan fingerprint density at radius 1 is 0.952 bits per heavy atom. The highest BCUT2D eigenvalue weighted by molar-refractivity contribution is 5.53. The van der Waals surface area contributed by atoms with E-state index in [1.54, 1.807) is 12.1 Å². The summed E-state index contributed by atoms with van der Waals surface area (Å²) in [6, 6.07) is 14.3. The molecule has 0 aromatic heterocycles. The van der Waals surface area contributed by atoms with E-state index < -0.39 is 6.36 Å². The van der Waals surface area contributed by atoms with Gasteiger partial charge in [-0.15, -0.1) is 13.2 Å². The molecule has 0 radical (unpaired) electrons. The van der Waals surface area contributed by atoms with Crippen LogP contribution in [0.2, 0.25) is 0 Å². The van der Waals surface area contributed by atoms with Gasteiger partial charge >= 0.3 is 6.36 Å².